The van der Waals surface area contributed by atoms with Crippen LogP contribution >= 0.6 is 0 Å². The van der Waals surface area contributed by atoms with Gasteiger partial charge >= 0.3 is 12.2 Å². The standard InChI is InChI=1S/C20H23F3N6O/c21-20(22,23)16-4-13(7-24-8-16)3-14-5-19(6-14)10-29(11-19)18(30)28-2-1-15(9-28)17-25-12-26-27-17/h4,7-8,12,14-15H,1-3,5-6,9-11H2,(H,25,26,27)/t15-/m0/s1. The van der Waals surface area contributed by atoms with Crippen molar-refractivity contribution in [2.45, 2.75) is 37.8 Å². The zero-order valence-electron chi connectivity index (χ0n) is 16.4. The Kier molecular flexibility index (Phi) is 4.48. The molecule has 2 amide bonds. The molecule has 10 heteroatoms. The number of nitrogens with zero attached hydrogens (tertiary/aromatic N) is 5. The summed E-state index contributed by atoms with van der Waals surface area (Å²) in [6.45, 7) is 2.86. The van der Waals surface area contributed by atoms with E-state index in [1.54, 1.807) is 0 Å². The lowest BCUT2D eigenvalue weighted by Gasteiger charge is -2.59. The lowest BCUT2D eigenvalue weighted by molar-refractivity contribution is -0.137. The maximum Gasteiger partial charge on any atom is 0.417 e. The zero-order chi connectivity index (χ0) is 20.9. The monoisotopic (exact) mass is 420 g/mol. The van der Waals surface area contributed by atoms with Gasteiger partial charge in [-0.15, -0.1) is 0 Å². The number of carbonyl (C=O) groups is 1. The summed E-state index contributed by atoms with van der Waals surface area (Å²) in [6.07, 6.45) is 2.91. The van der Waals surface area contributed by atoms with E-state index in [-0.39, 0.29) is 17.4 Å². The fraction of sp³-hybridized carbons (Fsp3) is 0.600. The van der Waals surface area contributed by atoms with E-state index in [1.807, 2.05) is 9.80 Å². The first-order chi connectivity index (χ1) is 14.3. The molecule has 5 rings (SSSR count). The van der Waals surface area contributed by atoms with Gasteiger partial charge in [-0.3, -0.25) is 10.1 Å². The van der Waals surface area contributed by atoms with Crippen LogP contribution in [0.15, 0.2) is 24.8 Å². The Hall–Kier alpha value is -2.65. The lowest BCUT2D eigenvalue weighted by atomic mass is 9.56. The molecule has 0 radical (unpaired) electrons. The Labute approximate surface area is 171 Å². The molecular weight excluding hydrogens is 397 g/mol. The van der Waals surface area contributed by atoms with Gasteiger partial charge in [0.05, 0.1) is 5.56 Å². The van der Waals surface area contributed by atoms with Gasteiger partial charge in [0.15, 0.2) is 0 Å². The Morgan fingerprint density at radius 1 is 1.23 bits per heavy atom. The number of aromatic nitrogens is 4. The quantitative estimate of drug-likeness (QED) is 0.828. The van der Waals surface area contributed by atoms with E-state index in [0.29, 0.717) is 24.4 Å². The molecule has 2 aromatic heterocycles. The molecule has 3 fully saturated rings. The molecule has 0 bridgehead atoms. The Morgan fingerprint density at radius 3 is 2.73 bits per heavy atom. The second kappa shape index (κ2) is 6.95. The summed E-state index contributed by atoms with van der Waals surface area (Å²) < 4.78 is 38.5. The lowest BCUT2D eigenvalue weighted by Crippen LogP contribution is -2.65. The van der Waals surface area contributed by atoms with Crippen LogP contribution in [0.25, 0.3) is 0 Å². The highest BCUT2D eigenvalue weighted by atomic mass is 19.4. The van der Waals surface area contributed by atoms with E-state index in [0.717, 1.165) is 50.9 Å². The summed E-state index contributed by atoms with van der Waals surface area (Å²) in [4.78, 5) is 24.5. The number of pyridine rings is 1. The molecular formula is C20H23F3N6O. The van der Waals surface area contributed by atoms with Gasteiger partial charge in [-0.05, 0) is 43.2 Å². The van der Waals surface area contributed by atoms with Crippen LogP contribution in [0.1, 0.15) is 42.1 Å². The van der Waals surface area contributed by atoms with Crippen molar-refractivity contribution >= 4 is 6.03 Å². The van der Waals surface area contributed by atoms with Gasteiger partial charge in [0.2, 0.25) is 0 Å². The SMILES string of the molecule is O=C(N1CC[C@H](c2ncn[nH]2)C1)N1CC2(CC(Cc3cncc(C(F)(F)F)c3)C2)C1. The molecule has 2 aromatic rings. The summed E-state index contributed by atoms with van der Waals surface area (Å²) in [5.74, 6) is 1.40. The van der Waals surface area contributed by atoms with Crippen molar-refractivity contribution in [3.8, 4) is 0 Å². The number of rotatable bonds is 3. The third-order valence-electron chi connectivity index (χ3n) is 6.69. The predicted molar refractivity (Wildman–Crippen MR) is 100 cm³/mol. The Balaban J connectivity index is 1.10. The number of hydrogen-bond donors (Lipinski definition) is 1. The topological polar surface area (TPSA) is 78.0 Å². The number of amides is 2. The van der Waals surface area contributed by atoms with Crippen molar-refractivity contribution in [2.24, 2.45) is 11.3 Å². The molecule has 4 heterocycles. The number of H-pyrrole nitrogens is 1. The van der Waals surface area contributed by atoms with Crippen LogP contribution in [-0.4, -0.2) is 62.2 Å². The average molecular weight is 420 g/mol. The van der Waals surface area contributed by atoms with Crippen LogP contribution in [0.2, 0.25) is 0 Å². The third kappa shape index (κ3) is 3.52. The van der Waals surface area contributed by atoms with Crippen LogP contribution < -0.4 is 0 Å². The van der Waals surface area contributed by atoms with Crippen LogP contribution in [-0.2, 0) is 12.6 Å². The Bertz CT molecular complexity index is 917. The van der Waals surface area contributed by atoms with E-state index >= 15 is 0 Å². The van der Waals surface area contributed by atoms with E-state index in [4.69, 9.17) is 0 Å². The van der Waals surface area contributed by atoms with Gasteiger partial charge in [-0.2, -0.15) is 18.3 Å². The molecule has 2 saturated heterocycles. The summed E-state index contributed by atoms with van der Waals surface area (Å²) in [5.41, 5.74) is 0.0931. The first-order valence-electron chi connectivity index (χ1n) is 10.2. The van der Waals surface area contributed by atoms with Crippen molar-refractivity contribution in [2.75, 3.05) is 26.2 Å². The van der Waals surface area contributed by atoms with E-state index in [1.165, 1.54) is 18.6 Å². The number of alkyl halides is 3. The fourth-order valence-electron chi connectivity index (χ4n) is 5.32. The van der Waals surface area contributed by atoms with Gasteiger partial charge in [-0.25, -0.2) is 9.78 Å². The molecule has 2 aliphatic heterocycles. The normalized spacial score (nSPS) is 23.5. The summed E-state index contributed by atoms with van der Waals surface area (Å²) in [7, 11) is 0. The fourth-order valence-corrected chi connectivity index (χ4v) is 5.32. The average Bonchev–Trinajstić information content (AvgIpc) is 3.32. The minimum atomic E-state index is -4.36. The van der Waals surface area contributed by atoms with E-state index < -0.39 is 11.7 Å². The number of likely N-dealkylation sites (tertiary alicyclic amines) is 2. The molecule has 30 heavy (non-hydrogen) atoms. The highest BCUT2D eigenvalue weighted by Crippen LogP contribution is 2.53. The molecule has 0 aromatic carbocycles. The van der Waals surface area contributed by atoms with Gasteiger partial charge in [0, 0.05) is 49.9 Å². The first-order valence-corrected chi connectivity index (χ1v) is 10.2. The highest BCUT2D eigenvalue weighted by Gasteiger charge is 2.54. The first kappa shape index (κ1) is 19.3. The van der Waals surface area contributed by atoms with Crippen molar-refractivity contribution in [3.63, 3.8) is 0 Å². The number of hydrogen-bond acceptors (Lipinski definition) is 4. The minimum Gasteiger partial charge on any atom is -0.324 e. The van der Waals surface area contributed by atoms with Gasteiger partial charge in [-0.1, -0.05) is 0 Å². The maximum absolute atomic E-state index is 12.8. The van der Waals surface area contributed by atoms with Gasteiger partial charge in [0.1, 0.15) is 12.2 Å². The van der Waals surface area contributed by atoms with E-state index in [2.05, 4.69) is 20.2 Å². The molecule has 3 aliphatic rings. The molecule has 1 saturated carbocycles. The molecule has 7 nitrogen and oxygen atoms in total. The molecule has 1 atom stereocenters. The van der Waals surface area contributed by atoms with Crippen LogP contribution in [0.3, 0.4) is 0 Å². The van der Waals surface area contributed by atoms with Crippen molar-refractivity contribution in [1.29, 1.82) is 0 Å². The summed E-state index contributed by atoms with van der Waals surface area (Å²) in [5, 5.41) is 6.76. The zero-order valence-corrected chi connectivity index (χ0v) is 16.4. The highest BCUT2D eigenvalue weighted by molar-refractivity contribution is 5.76. The number of halogens is 3. The molecule has 160 valence electrons. The number of carbonyl (C=O) groups excluding carboxylic acids is 1. The minimum absolute atomic E-state index is 0.0770. The molecule has 1 spiro atoms. The Morgan fingerprint density at radius 2 is 2.03 bits per heavy atom. The van der Waals surface area contributed by atoms with Crippen molar-refractivity contribution in [1.82, 2.24) is 30.0 Å². The smallest absolute Gasteiger partial charge is 0.324 e. The maximum atomic E-state index is 12.8. The van der Waals surface area contributed by atoms with Gasteiger partial charge < -0.3 is 9.80 Å². The summed E-state index contributed by atoms with van der Waals surface area (Å²) in [6, 6.07) is 1.28. The second-order valence-electron chi connectivity index (χ2n) is 9.00. The van der Waals surface area contributed by atoms with Crippen molar-refractivity contribution < 1.29 is 18.0 Å². The predicted octanol–water partition coefficient (Wildman–Crippen LogP) is 3.08. The van der Waals surface area contributed by atoms with E-state index in [9.17, 15) is 18.0 Å². The molecule has 1 N–H and O–H groups in total. The van der Waals surface area contributed by atoms with Crippen molar-refractivity contribution in [3.05, 3.63) is 41.7 Å². The second-order valence-corrected chi connectivity index (χ2v) is 9.00. The van der Waals surface area contributed by atoms with Gasteiger partial charge in [0.25, 0.3) is 0 Å². The van der Waals surface area contributed by atoms with Crippen LogP contribution in [0, 0.1) is 11.3 Å². The molecule has 1 aliphatic carbocycles. The number of aromatic amines is 1. The third-order valence-corrected chi connectivity index (χ3v) is 6.69. The number of urea groups is 1. The number of nitrogens with one attached hydrogen (secondary N) is 1. The molecule has 0 unspecified atom stereocenters. The van der Waals surface area contributed by atoms with Crippen LogP contribution in [0.4, 0.5) is 18.0 Å². The largest absolute Gasteiger partial charge is 0.417 e. The summed E-state index contributed by atoms with van der Waals surface area (Å²) >= 11 is 0. The van der Waals surface area contributed by atoms with Crippen LogP contribution in [0.5, 0.6) is 0 Å².